The lowest BCUT2D eigenvalue weighted by Crippen LogP contribution is -2.42. The average molecular weight is 249 g/mol. The molecule has 0 amide bonds. The maximum absolute atomic E-state index is 13.1. The Morgan fingerprint density at radius 3 is 3.11 bits per heavy atom. The van der Waals surface area contributed by atoms with Crippen LogP contribution in [-0.4, -0.2) is 34.3 Å². The number of aromatic amines is 1. The van der Waals surface area contributed by atoms with Gasteiger partial charge in [0.15, 0.2) is 0 Å². The van der Waals surface area contributed by atoms with E-state index in [2.05, 4.69) is 14.9 Å². The van der Waals surface area contributed by atoms with Gasteiger partial charge in [0, 0.05) is 13.1 Å². The number of hydrogen-bond acceptors (Lipinski definition) is 3. The summed E-state index contributed by atoms with van der Waals surface area (Å²) in [5, 5.41) is 9.71. The minimum atomic E-state index is -0.264. The SMILES string of the molecule is CC1CN(c2nc3ccc(F)cc3[nH]2)CCC1O. The number of nitrogens with one attached hydrogen (secondary N) is 1. The summed E-state index contributed by atoms with van der Waals surface area (Å²) in [6, 6.07) is 4.54. The number of piperidine rings is 1. The number of imidazole rings is 1. The zero-order valence-electron chi connectivity index (χ0n) is 10.2. The van der Waals surface area contributed by atoms with E-state index in [1.807, 2.05) is 6.92 Å². The van der Waals surface area contributed by atoms with Crippen LogP contribution in [0.2, 0.25) is 0 Å². The van der Waals surface area contributed by atoms with Gasteiger partial charge in [0.2, 0.25) is 5.95 Å². The lowest BCUT2D eigenvalue weighted by molar-refractivity contribution is 0.0967. The first kappa shape index (κ1) is 11.5. The molecule has 2 aromatic rings. The number of anilines is 1. The lowest BCUT2D eigenvalue weighted by atomic mass is 9.97. The second-order valence-electron chi connectivity index (χ2n) is 5.00. The van der Waals surface area contributed by atoms with Crippen molar-refractivity contribution in [2.45, 2.75) is 19.4 Å². The van der Waals surface area contributed by atoms with Crippen LogP contribution in [0.25, 0.3) is 11.0 Å². The maximum atomic E-state index is 13.1. The van der Waals surface area contributed by atoms with Crippen molar-refractivity contribution in [1.29, 1.82) is 0 Å². The van der Waals surface area contributed by atoms with Crippen LogP contribution in [0.15, 0.2) is 18.2 Å². The topological polar surface area (TPSA) is 52.2 Å². The fourth-order valence-electron chi connectivity index (χ4n) is 2.44. The van der Waals surface area contributed by atoms with Crippen LogP contribution in [0.5, 0.6) is 0 Å². The van der Waals surface area contributed by atoms with Crippen LogP contribution < -0.4 is 4.90 Å². The second kappa shape index (κ2) is 4.24. The van der Waals surface area contributed by atoms with Crippen LogP contribution >= 0.6 is 0 Å². The van der Waals surface area contributed by atoms with E-state index >= 15 is 0 Å². The Labute approximate surface area is 104 Å². The number of H-pyrrole nitrogens is 1. The number of rotatable bonds is 1. The quantitative estimate of drug-likeness (QED) is 0.811. The van der Waals surface area contributed by atoms with Crippen molar-refractivity contribution in [2.24, 2.45) is 5.92 Å². The summed E-state index contributed by atoms with van der Waals surface area (Å²) in [4.78, 5) is 9.70. The van der Waals surface area contributed by atoms with Gasteiger partial charge < -0.3 is 15.0 Å². The number of aliphatic hydroxyl groups is 1. The van der Waals surface area contributed by atoms with E-state index in [1.165, 1.54) is 12.1 Å². The molecule has 18 heavy (non-hydrogen) atoms. The second-order valence-corrected chi connectivity index (χ2v) is 5.00. The molecule has 1 aromatic heterocycles. The van der Waals surface area contributed by atoms with Gasteiger partial charge in [-0.05, 0) is 30.5 Å². The molecule has 2 unspecified atom stereocenters. The molecule has 4 nitrogen and oxygen atoms in total. The van der Waals surface area contributed by atoms with Gasteiger partial charge >= 0.3 is 0 Å². The number of benzene rings is 1. The normalized spacial score (nSPS) is 24.7. The third-order valence-corrected chi connectivity index (χ3v) is 3.59. The third-order valence-electron chi connectivity index (χ3n) is 3.59. The molecule has 0 aliphatic carbocycles. The lowest BCUT2D eigenvalue weighted by Gasteiger charge is -2.34. The van der Waals surface area contributed by atoms with Crippen molar-refractivity contribution in [1.82, 2.24) is 9.97 Å². The highest BCUT2D eigenvalue weighted by molar-refractivity contribution is 5.77. The van der Waals surface area contributed by atoms with Crippen molar-refractivity contribution in [2.75, 3.05) is 18.0 Å². The molecule has 2 heterocycles. The van der Waals surface area contributed by atoms with Crippen molar-refractivity contribution in [3.8, 4) is 0 Å². The Hall–Kier alpha value is -1.62. The Morgan fingerprint density at radius 1 is 1.50 bits per heavy atom. The Balaban J connectivity index is 1.90. The fraction of sp³-hybridized carbons (Fsp3) is 0.462. The van der Waals surface area contributed by atoms with E-state index in [-0.39, 0.29) is 17.8 Å². The van der Waals surface area contributed by atoms with Crippen LogP contribution in [0.3, 0.4) is 0 Å². The summed E-state index contributed by atoms with van der Waals surface area (Å²) < 4.78 is 13.1. The van der Waals surface area contributed by atoms with E-state index < -0.39 is 0 Å². The van der Waals surface area contributed by atoms with Crippen molar-refractivity contribution >= 4 is 17.0 Å². The first-order valence-electron chi connectivity index (χ1n) is 6.22. The molecule has 2 N–H and O–H groups in total. The van der Waals surface area contributed by atoms with Crippen molar-refractivity contribution < 1.29 is 9.50 Å². The summed E-state index contributed by atoms with van der Waals surface area (Å²) >= 11 is 0. The van der Waals surface area contributed by atoms with E-state index in [1.54, 1.807) is 6.07 Å². The molecule has 1 aliphatic heterocycles. The number of halogens is 1. The van der Waals surface area contributed by atoms with Gasteiger partial charge in [-0.1, -0.05) is 6.92 Å². The average Bonchev–Trinajstić information content (AvgIpc) is 2.75. The molecule has 0 saturated carbocycles. The number of fused-ring (bicyclic) bond motifs is 1. The standard InChI is InChI=1S/C13H16FN3O/c1-8-7-17(5-4-12(8)18)13-15-10-3-2-9(14)6-11(10)16-13/h2-3,6,8,12,18H,4-5,7H2,1H3,(H,15,16). The Kier molecular flexibility index (Phi) is 2.70. The Morgan fingerprint density at radius 2 is 2.33 bits per heavy atom. The summed E-state index contributed by atoms with van der Waals surface area (Å²) in [5.41, 5.74) is 1.48. The van der Waals surface area contributed by atoms with Gasteiger partial charge in [0.05, 0.1) is 17.1 Å². The predicted molar refractivity (Wildman–Crippen MR) is 68.1 cm³/mol. The van der Waals surface area contributed by atoms with Crippen LogP contribution in [0, 0.1) is 11.7 Å². The number of hydrogen-bond donors (Lipinski definition) is 2. The van der Waals surface area contributed by atoms with Gasteiger partial charge in [-0.25, -0.2) is 9.37 Å². The van der Waals surface area contributed by atoms with Gasteiger partial charge in [-0.15, -0.1) is 0 Å². The molecule has 0 spiro atoms. The van der Waals surface area contributed by atoms with E-state index in [9.17, 15) is 9.50 Å². The summed E-state index contributed by atoms with van der Waals surface area (Å²) in [5.74, 6) is 0.721. The fourth-order valence-corrected chi connectivity index (χ4v) is 2.44. The number of aromatic nitrogens is 2. The summed E-state index contributed by atoms with van der Waals surface area (Å²) in [6.07, 6.45) is 0.509. The van der Waals surface area contributed by atoms with Crippen LogP contribution in [0.4, 0.5) is 10.3 Å². The molecule has 1 fully saturated rings. The first-order valence-corrected chi connectivity index (χ1v) is 6.22. The van der Waals surface area contributed by atoms with Crippen molar-refractivity contribution in [3.05, 3.63) is 24.0 Å². The molecule has 2 atom stereocenters. The molecule has 1 aliphatic rings. The van der Waals surface area contributed by atoms with Gasteiger partial charge in [-0.2, -0.15) is 0 Å². The highest BCUT2D eigenvalue weighted by Gasteiger charge is 2.25. The van der Waals surface area contributed by atoms with Crippen LogP contribution in [0.1, 0.15) is 13.3 Å². The molecular weight excluding hydrogens is 233 g/mol. The summed E-state index contributed by atoms with van der Waals surface area (Å²) in [7, 11) is 0. The highest BCUT2D eigenvalue weighted by atomic mass is 19.1. The van der Waals surface area contributed by atoms with Gasteiger partial charge in [0.25, 0.3) is 0 Å². The smallest absolute Gasteiger partial charge is 0.203 e. The van der Waals surface area contributed by atoms with Gasteiger partial charge in [-0.3, -0.25) is 0 Å². The largest absolute Gasteiger partial charge is 0.393 e. The highest BCUT2D eigenvalue weighted by Crippen LogP contribution is 2.23. The van der Waals surface area contributed by atoms with Crippen molar-refractivity contribution in [3.63, 3.8) is 0 Å². The molecule has 3 rings (SSSR count). The third kappa shape index (κ3) is 1.95. The van der Waals surface area contributed by atoms with E-state index in [0.717, 1.165) is 31.0 Å². The monoisotopic (exact) mass is 249 g/mol. The molecule has 0 bridgehead atoms. The predicted octanol–water partition coefficient (Wildman–Crippen LogP) is 1.91. The van der Waals surface area contributed by atoms with Gasteiger partial charge in [0.1, 0.15) is 5.82 Å². The van der Waals surface area contributed by atoms with E-state index in [4.69, 9.17) is 0 Å². The first-order chi connectivity index (χ1) is 8.63. The molecular formula is C13H16FN3O. The zero-order valence-corrected chi connectivity index (χ0v) is 10.2. The molecule has 1 saturated heterocycles. The molecule has 0 radical (unpaired) electrons. The summed E-state index contributed by atoms with van der Waals surface area (Å²) in [6.45, 7) is 3.57. The van der Waals surface area contributed by atoms with Crippen LogP contribution in [-0.2, 0) is 0 Å². The minimum Gasteiger partial charge on any atom is -0.393 e. The molecule has 96 valence electrons. The zero-order chi connectivity index (χ0) is 12.7. The van der Waals surface area contributed by atoms with E-state index in [0.29, 0.717) is 5.52 Å². The minimum absolute atomic E-state index is 0.226. The molecule has 5 heteroatoms. The maximum Gasteiger partial charge on any atom is 0.203 e. The molecule has 1 aromatic carbocycles. The number of nitrogens with zero attached hydrogens (tertiary/aromatic N) is 2. The Bertz CT molecular complexity index is 568. The number of aliphatic hydroxyl groups excluding tert-OH is 1.